The number of halogens is 1. The van der Waals surface area contributed by atoms with Gasteiger partial charge in [0.2, 0.25) is 0 Å². The summed E-state index contributed by atoms with van der Waals surface area (Å²) < 4.78 is 15.2. The lowest BCUT2D eigenvalue weighted by molar-refractivity contribution is 0.102. The highest BCUT2D eigenvalue weighted by Gasteiger charge is 2.13. The Balaban J connectivity index is 1.50. The number of hydrogen-bond donors (Lipinski definition) is 2. The van der Waals surface area contributed by atoms with E-state index in [9.17, 15) is 9.18 Å². The van der Waals surface area contributed by atoms with E-state index >= 15 is 0 Å². The van der Waals surface area contributed by atoms with Gasteiger partial charge in [0.15, 0.2) is 0 Å². The summed E-state index contributed by atoms with van der Waals surface area (Å²) in [6, 6.07) is 9.50. The lowest BCUT2D eigenvalue weighted by atomic mass is 10.1. The molecule has 7 heteroatoms. The molecule has 130 valence electrons. The van der Waals surface area contributed by atoms with Gasteiger partial charge in [0.05, 0.1) is 18.2 Å². The van der Waals surface area contributed by atoms with Gasteiger partial charge in [-0.05, 0) is 18.6 Å². The van der Waals surface area contributed by atoms with Crippen LogP contribution in [0.2, 0.25) is 0 Å². The number of carbonyl (C=O) groups is 1. The maximum Gasteiger partial charge on any atom is 0.275 e. The van der Waals surface area contributed by atoms with Crippen molar-refractivity contribution in [1.29, 1.82) is 0 Å². The highest BCUT2D eigenvalue weighted by molar-refractivity contribution is 6.07. The molecule has 6 nitrogen and oxygen atoms in total. The molecule has 2 N–H and O–H groups in total. The predicted octanol–water partition coefficient (Wildman–Crippen LogP) is 3.51. The minimum atomic E-state index is -0.463. The molecule has 0 spiro atoms. The fraction of sp³-hybridized carbons (Fsp3) is 0.105. The summed E-state index contributed by atoms with van der Waals surface area (Å²) in [5, 5.41) is 3.25. The zero-order valence-corrected chi connectivity index (χ0v) is 14.0. The van der Waals surface area contributed by atoms with Crippen LogP contribution in [0.15, 0.2) is 55.2 Å². The number of imidazole rings is 1. The molecular weight excluding hydrogens is 333 g/mol. The Labute approximate surface area is 148 Å². The van der Waals surface area contributed by atoms with Crippen LogP contribution >= 0.6 is 0 Å². The first-order valence-electron chi connectivity index (χ1n) is 8.10. The molecule has 4 aromatic rings. The van der Waals surface area contributed by atoms with Crippen LogP contribution in [0.4, 0.5) is 10.1 Å². The van der Waals surface area contributed by atoms with Crippen molar-refractivity contribution in [2.45, 2.75) is 13.5 Å². The summed E-state index contributed by atoms with van der Waals surface area (Å²) in [6.07, 6.45) is 6.00. The highest BCUT2D eigenvalue weighted by Crippen LogP contribution is 2.22. The lowest BCUT2D eigenvalue weighted by Gasteiger charge is -2.03. The Morgan fingerprint density at radius 1 is 1.27 bits per heavy atom. The van der Waals surface area contributed by atoms with Gasteiger partial charge < -0.3 is 14.9 Å². The Hall–Kier alpha value is -3.48. The van der Waals surface area contributed by atoms with Crippen LogP contribution < -0.4 is 5.32 Å². The van der Waals surface area contributed by atoms with Crippen LogP contribution in [0.1, 0.15) is 21.6 Å². The summed E-state index contributed by atoms with van der Waals surface area (Å²) >= 11 is 0. The van der Waals surface area contributed by atoms with Crippen LogP contribution in [-0.4, -0.2) is 25.4 Å². The number of anilines is 1. The Morgan fingerprint density at radius 2 is 2.08 bits per heavy atom. The number of carbonyl (C=O) groups excluding carboxylic acids is 1. The number of amides is 1. The maximum absolute atomic E-state index is 13.4. The van der Waals surface area contributed by atoms with Gasteiger partial charge in [0.1, 0.15) is 17.2 Å². The molecule has 0 aliphatic heterocycles. The number of pyridine rings is 1. The fourth-order valence-corrected chi connectivity index (χ4v) is 2.74. The molecule has 1 aromatic carbocycles. The van der Waals surface area contributed by atoms with E-state index < -0.39 is 5.82 Å². The van der Waals surface area contributed by atoms with Crippen molar-refractivity contribution in [3.8, 4) is 0 Å². The molecule has 26 heavy (non-hydrogen) atoms. The average Bonchev–Trinajstić information content (AvgIpc) is 3.24. The number of benzene rings is 1. The molecule has 0 bridgehead atoms. The van der Waals surface area contributed by atoms with Gasteiger partial charge in [-0.25, -0.2) is 14.4 Å². The van der Waals surface area contributed by atoms with E-state index in [1.54, 1.807) is 18.7 Å². The smallest absolute Gasteiger partial charge is 0.275 e. The number of fused-ring (bicyclic) bond motifs is 1. The van der Waals surface area contributed by atoms with Gasteiger partial charge in [-0.1, -0.05) is 29.8 Å². The zero-order valence-electron chi connectivity index (χ0n) is 14.0. The zero-order chi connectivity index (χ0) is 18.1. The van der Waals surface area contributed by atoms with Crippen molar-refractivity contribution < 1.29 is 9.18 Å². The highest BCUT2D eigenvalue weighted by atomic mass is 19.1. The Kier molecular flexibility index (Phi) is 3.96. The van der Waals surface area contributed by atoms with Crippen molar-refractivity contribution >= 4 is 22.6 Å². The van der Waals surface area contributed by atoms with Crippen LogP contribution in [-0.2, 0) is 6.54 Å². The topological polar surface area (TPSA) is 75.6 Å². The van der Waals surface area contributed by atoms with Crippen molar-refractivity contribution in [3.05, 3.63) is 77.9 Å². The van der Waals surface area contributed by atoms with Crippen LogP contribution in [0.25, 0.3) is 11.0 Å². The largest absolute Gasteiger partial charge is 0.344 e. The first kappa shape index (κ1) is 16.0. The van der Waals surface area contributed by atoms with E-state index in [0.29, 0.717) is 23.3 Å². The van der Waals surface area contributed by atoms with Crippen LogP contribution in [0.3, 0.4) is 0 Å². The SMILES string of the molecule is Cc1ccc(Cn2cnc(C(=O)Nc3c[nH]c4ncc(F)cc34)c2)cc1. The van der Waals surface area contributed by atoms with E-state index in [1.807, 2.05) is 35.8 Å². The number of aromatic amines is 1. The first-order valence-corrected chi connectivity index (χ1v) is 8.10. The standard InChI is InChI=1S/C19H16FN5O/c1-12-2-4-13(5-3-12)9-25-10-17(23-11-25)19(26)24-16-8-22-18-15(16)6-14(20)7-21-18/h2-8,10-11H,9H2,1H3,(H,21,22)(H,24,26). The quantitative estimate of drug-likeness (QED) is 0.592. The third-order valence-electron chi connectivity index (χ3n) is 4.10. The second-order valence-corrected chi connectivity index (χ2v) is 6.12. The van der Waals surface area contributed by atoms with E-state index in [4.69, 9.17) is 0 Å². The van der Waals surface area contributed by atoms with E-state index in [0.717, 1.165) is 11.8 Å². The third-order valence-corrected chi connectivity index (χ3v) is 4.10. The van der Waals surface area contributed by atoms with Gasteiger partial charge in [0.25, 0.3) is 5.91 Å². The molecule has 0 atom stereocenters. The molecule has 3 aromatic heterocycles. The molecule has 0 aliphatic rings. The van der Waals surface area contributed by atoms with Crippen molar-refractivity contribution in [2.75, 3.05) is 5.32 Å². The second-order valence-electron chi connectivity index (χ2n) is 6.12. The van der Waals surface area contributed by atoms with E-state index in [2.05, 4.69) is 20.3 Å². The number of H-pyrrole nitrogens is 1. The van der Waals surface area contributed by atoms with Gasteiger partial charge in [-0.3, -0.25) is 4.79 Å². The molecule has 0 saturated heterocycles. The minimum Gasteiger partial charge on any atom is -0.344 e. The van der Waals surface area contributed by atoms with E-state index in [-0.39, 0.29) is 11.6 Å². The van der Waals surface area contributed by atoms with Crippen LogP contribution in [0.5, 0.6) is 0 Å². The normalized spacial score (nSPS) is 11.0. The summed E-state index contributed by atoms with van der Waals surface area (Å²) in [7, 11) is 0. The van der Waals surface area contributed by atoms with Gasteiger partial charge in [-0.2, -0.15) is 0 Å². The van der Waals surface area contributed by atoms with Crippen molar-refractivity contribution in [2.24, 2.45) is 0 Å². The molecule has 0 saturated carbocycles. The maximum atomic E-state index is 13.4. The van der Waals surface area contributed by atoms with E-state index in [1.165, 1.54) is 11.6 Å². The monoisotopic (exact) mass is 349 g/mol. The Morgan fingerprint density at radius 3 is 2.88 bits per heavy atom. The molecule has 3 heterocycles. The molecule has 1 amide bonds. The summed E-state index contributed by atoms with van der Waals surface area (Å²) in [6.45, 7) is 2.66. The predicted molar refractivity (Wildman–Crippen MR) is 96.5 cm³/mol. The summed E-state index contributed by atoms with van der Waals surface area (Å²) in [5.41, 5.74) is 3.58. The fourth-order valence-electron chi connectivity index (χ4n) is 2.74. The Bertz CT molecular complexity index is 1080. The molecular formula is C19H16FN5O. The number of aromatic nitrogens is 4. The molecule has 0 aliphatic carbocycles. The number of nitrogens with one attached hydrogen (secondary N) is 2. The second kappa shape index (κ2) is 6.44. The molecule has 0 radical (unpaired) electrons. The molecule has 0 unspecified atom stereocenters. The van der Waals surface area contributed by atoms with Crippen LogP contribution in [0, 0.1) is 12.7 Å². The number of rotatable bonds is 4. The summed E-state index contributed by atoms with van der Waals surface area (Å²) in [5.74, 6) is -0.826. The average molecular weight is 349 g/mol. The lowest BCUT2D eigenvalue weighted by Crippen LogP contribution is -2.12. The molecule has 0 fully saturated rings. The third kappa shape index (κ3) is 3.19. The van der Waals surface area contributed by atoms with Gasteiger partial charge in [0, 0.05) is 24.3 Å². The van der Waals surface area contributed by atoms with Crippen molar-refractivity contribution in [3.63, 3.8) is 0 Å². The molecule has 4 rings (SSSR count). The minimum absolute atomic E-state index is 0.288. The number of aryl methyl sites for hydroxylation is 1. The van der Waals surface area contributed by atoms with Crippen molar-refractivity contribution in [1.82, 2.24) is 19.5 Å². The summed E-state index contributed by atoms with van der Waals surface area (Å²) in [4.78, 5) is 23.4. The number of nitrogens with zero attached hydrogens (tertiary/aromatic N) is 3. The van der Waals surface area contributed by atoms with Gasteiger partial charge in [-0.15, -0.1) is 0 Å². The van der Waals surface area contributed by atoms with Gasteiger partial charge >= 0.3 is 0 Å². The number of hydrogen-bond acceptors (Lipinski definition) is 3. The first-order chi connectivity index (χ1) is 12.6.